The van der Waals surface area contributed by atoms with Crippen LogP contribution in [0.2, 0.25) is 0 Å². The highest BCUT2D eigenvalue weighted by atomic mass is 32.1. The molecule has 1 aliphatic rings. The highest BCUT2D eigenvalue weighted by molar-refractivity contribution is 7.12. The van der Waals surface area contributed by atoms with Gasteiger partial charge in [0.15, 0.2) is 0 Å². The van der Waals surface area contributed by atoms with E-state index in [0.717, 1.165) is 19.4 Å². The second-order valence-corrected chi connectivity index (χ2v) is 8.11. The van der Waals surface area contributed by atoms with Crippen molar-refractivity contribution in [2.45, 2.75) is 18.9 Å². The maximum atomic E-state index is 12.9. The average Bonchev–Trinajstić information content (AvgIpc) is 3.43. The van der Waals surface area contributed by atoms with Crippen LogP contribution in [0.4, 0.5) is 5.69 Å². The smallest absolute Gasteiger partial charge is 0.265 e. The van der Waals surface area contributed by atoms with Gasteiger partial charge < -0.3 is 10.2 Å². The maximum absolute atomic E-state index is 12.9. The molecule has 4 nitrogen and oxygen atoms in total. The van der Waals surface area contributed by atoms with Gasteiger partial charge in [0.2, 0.25) is 0 Å². The zero-order valence-electron chi connectivity index (χ0n) is 14.1. The van der Waals surface area contributed by atoms with Crippen LogP contribution in [0.3, 0.4) is 0 Å². The van der Waals surface area contributed by atoms with E-state index < -0.39 is 0 Å². The van der Waals surface area contributed by atoms with Gasteiger partial charge in [-0.1, -0.05) is 12.1 Å². The van der Waals surface area contributed by atoms with Gasteiger partial charge in [-0.25, -0.2) is 0 Å². The van der Waals surface area contributed by atoms with E-state index in [-0.39, 0.29) is 17.9 Å². The molecule has 2 amide bonds. The van der Waals surface area contributed by atoms with Crippen LogP contribution in [-0.4, -0.2) is 23.3 Å². The Balaban J connectivity index is 1.46. The molecule has 6 heteroatoms. The molecule has 0 aliphatic carbocycles. The summed E-state index contributed by atoms with van der Waals surface area (Å²) in [5.74, 6) is -0.0755. The van der Waals surface area contributed by atoms with Crippen LogP contribution in [-0.2, 0) is 0 Å². The van der Waals surface area contributed by atoms with Crippen LogP contribution in [0, 0.1) is 0 Å². The molecule has 0 spiro atoms. The lowest BCUT2D eigenvalue weighted by molar-refractivity contribution is 0.0738. The van der Waals surface area contributed by atoms with E-state index in [1.807, 2.05) is 22.4 Å². The number of anilines is 1. The van der Waals surface area contributed by atoms with Crippen molar-refractivity contribution in [3.8, 4) is 0 Å². The summed E-state index contributed by atoms with van der Waals surface area (Å²) in [7, 11) is 0. The molecule has 3 heterocycles. The molecule has 1 saturated heterocycles. The van der Waals surface area contributed by atoms with E-state index in [4.69, 9.17) is 0 Å². The zero-order chi connectivity index (χ0) is 17.9. The third-order valence-corrected chi connectivity index (χ3v) is 6.36. The molecule has 0 bridgehead atoms. The third-order valence-electron chi connectivity index (χ3n) is 4.52. The quantitative estimate of drug-likeness (QED) is 0.687. The molecule has 1 fully saturated rings. The van der Waals surface area contributed by atoms with Crippen LogP contribution in [0.15, 0.2) is 59.3 Å². The van der Waals surface area contributed by atoms with Gasteiger partial charge in [0.25, 0.3) is 11.8 Å². The van der Waals surface area contributed by atoms with Crippen molar-refractivity contribution < 1.29 is 9.59 Å². The van der Waals surface area contributed by atoms with Gasteiger partial charge in [-0.3, -0.25) is 9.59 Å². The molecule has 1 unspecified atom stereocenters. The Bertz CT molecular complexity index is 887. The first-order valence-electron chi connectivity index (χ1n) is 8.51. The fourth-order valence-electron chi connectivity index (χ4n) is 3.25. The minimum Gasteiger partial charge on any atom is -0.331 e. The molecule has 1 aromatic carbocycles. The minimum atomic E-state index is -0.128. The summed E-state index contributed by atoms with van der Waals surface area (Å²) in [5.41, 5.74) is 1.35. The van der Waals surface area contributed by atoms with Crippen molar-refractivity contribution in [1.29, 1.82) is 0 Å². The molecule has 1 N–H and O–H groups in total. The number of nitrogens with zero attached hydrogens (tertiary/aromatic N) is 1. The molecule has 1 aliphatic heterocycles. The van der Waals surface area contributed by atoms with Gasteiger partial charge in [0.05, 0.1) is 10.9 Å². The summed E-state index contributed by atoms with van der Waals surface area (Å²) in [6.45, 7) is 0.790. The van der Waals surface area contributed by atoms with Crippen molar-refractivity contribution in [2.75, 3.05) is 11.9 Å². The average molecular weight is 383 g/mol. The number of carbonyl (C=O) groups excluding carboxylic acids is 2. The summed E-state index contributed by atoms with van der Waals surface area (Å²) in [4.78, 5) is 28.9. The lowest BCUT2D eigenvalue weighted by Crippen LogP contribution is -2.30. The number of rotatable bonds is 4. The highest BCUT2D eigenvalue weighted by Crippen LogP contribution is 2.35. The van der Waals surface area contributed by atoms with E-state index in [1.165, 1.54) is 16.2 Å². The second-order valence-electron chi connectivity index (χ2n) is 6.18. The number of nitrogens with one attached hydrogen (secondary N) is 1. The standard InChI is InChI=1S/C20H18N2O2S2/c23-19(18-6-3-13-26-18)21-15-9-7-14(8-10-15)20(24)22-11-1-4-16(22)17-5-2-12-25-17/h2-3,5-10,12-13,16H,1,4,11H2,(H,21,23). The lowest BCUT2D eigenvalue weighted by atomic mass is 10.1. The van der Waals surface area contributed by atoms with Gasteiger partial charge in [0, 0.05) is 22.7 Å². The van der Waals surface area contributed by atoms with Gasteiger partial charge in [0.1, 0.15) is 0 Å². The Morgan fingerprint density at radius 1 is 1.00 bits per heavy atom. The first-order chi connectivity index (χ1) is 12.7. The second kappa shape index (κ2) is 7.43. The molecule has 3 aromatic rings. The molecule has 132 valence electrons. The molecule has 2 aromatic heterocycles. The molecular weight excluding hydrogens is 364 g/mol. The first-order valence-corrected chi connectivity index (χ1v) is 10.3. The minimum absolute atomic E-state index is 0.0528. The number of hydrogen-bond acceptors (Lipinski definition) is 4. The molecule has 0 saturated carbocycles. The van der Waals surface area contributed by atoms with E-state index in [2.05, 4.69) is 16.8 Å². The number of likely N-dealkylation sites (tertiary alicyclic amines) is 1. The van der Waals surface area contributed by atoms with E-state index in [0.29, 0.717) is 16.1 Å². The van der Waals surface area contributed by atoms with Crippen molar-refractivity contribution in [3.63, 3.8) is 0 Å². The van der Waals surface area contributed by atoms with Crippen LogP contribution < -0.4 is 5.32 Å². The fourth-order valence-corrected chi connectivity index (χ4v) is 4.74. The van der Waals surface area contributed by atoms with Gasteiger partial charge in [-0.2, -0.15) is 0 Å². The first kappa shape index (κ1) is 17.0. The number of benzene rings is 1. The van der Waals surface area contributed by atoms with Gasteiger partial charge in [-0.15, -0.1) is 22.7 Å². The van der Waals surface area contributed by atoms with Crippen LogP contribution in [0.25, 0.3) is 0 Å². The monoisotopic (exact) mass is 382 g/mol. The Morgan fingerprint density at radius 2 is 1.77 bits per heavy atom. The summed E-state index contributed by atoms with van der Waals surface area (Å²) in [5, 5.41) is 6.79. The maximum Gasteiger partial charge on any atom is 0.265 e. The Hall–Kier alpha value is -2.44. The van der Waals surface area contributed by atoms with Crippen molar-refractivity contribution >= 4 is 40.2 Å². The molecule has 0 radical (unpaired) electrons. The molecular formula is C20H18N2O2S2. The van der Waals surface area contributed by atoms with Crippen LogP contribution >= 0.6 is 22.7 Å². The summed E-state index contributed by atoms with van der Waals surface area (Å²) < 4.78 is 0. The van der Waals surface area contributed by atoms with Gasteiger partial charge in [-0.05, 0) is 60.0 Å². The van der Waals surface area contributed by atoms with E-state index in [9.17, 15) is 9.59 Å². The summed E-state index contributed by atoms with van der Waals surface area (Å²) in [6.07, 6.45) is 2.05. The predicted molar refractivity (Wildman–Crippen MR) is 106 cm³/mol. The van der Waals surface area contributed by atoms with Gasteiger partial charge >= 0.3 is 0 Å². The summed E-state index contributed by atoms with van der Waals surface area (Å²) >= 11 is 3.11. The van der Waals surface area contributed by atoms with Crippen molar-refractivity contribution in [1.82, 2.24) is 4.90 Å². The highest BCUT2D eigenvalue weighted by Gasteiger charge is 2.31. The van der Waals surface area contributed by atoms with E-state index >= 15 is 0 Å². The van der Waals surface area contributed by atoms with Crippen LogP contribution in [0.5, 0.6) is 0 Å². The zero-order valence-corrected chi connectivity index (χ0v) is 15.7. The molecule has 1 atom stereocenters. The largest absolute Gasteiger partial charge is 0.331 e. The number of carbonyl (C=O) groups is 2. The Labute approximate surface area is 160 Å². The normalized spacial score (nSPS) is 16.6. The molecule has 26 heavy (non-hydrogen) atoms. The number of hydrogen-bond donors (Lipinski definition) is 1. The summed E-state index contributed by atoms with van der Waals surface area (Å²) in [6, 6.07) is 15.1. The number of thiophene rings is 2. The molecule has 4 rings (SSSR count). The topological polar surface area (TPSA) is 49.4 Å². The van der Waals surface area contributed by atoms with Crippen LogP contribution in [0.1, 0.15) is 43.8 Å². The van der Waals surface area contributed by atoms with Crippen molar-refractivity contribution in [2.24, 2.45) is 0 Å². The lowest BCUT2D eigenvalue weighted by Gasteiger charge is -2.24. The SMILES string of the molecule is O=C(Nc1ccc(C(=O)N2CCCC2c2cccs2)cc1)c1cccs1. The Kier molecular flexibility index (Phi) is 4.86. The predicted octanol–water partition coefficient (Wildman–Crippen LogP) is 5.04. The Morgan fingerprint density at radius 3 is 2.46 bits per heavy atom. The van der Waals surface area contributed by atoms with Crippen molar-refractivity contribution in [3.05, 3.63) is 74.6 Å². The third kappa shape index (κ3) is 3.43. The number of amides is 2. The van der Waals surface area contributed by atoms with E-state index in [1.54, 1.807) is 41.7 Å². The fraction of sp³-hybridized carbons (Fsp3) is 0.200.